The van der Waals surface area contributed by atoms with Gasteiger partial charge in [0.25, 0.3) is 5.56 Å². The van der Waals surface area contributed by atoms with Gasteiger partial charge in [-0.25, -0.2) is 4.98 Å². The zero-order valence-corrected chi connectivity index (χ0v) is 18.1. The van der Waals surface area contributed by atoms with Crippen molar-refractivity contribution in [1.29, 1.82) is 0 Å². The van der Waals surface area contributed by atoms with E-state index in [1.165, 1.54) is 5.56 Å². The lowest BCUT2D eigenvalue weighted by atomic mass is 10.1. The second kappa shape index (κ2) is 8.76. The highest BCUT2D eigenvalue weighted by molar-refractivity contribution is 7.98. The normalized spacial score (nSPS) is 12.1. The van der Waals surface area contributed by atoms with E-state index in [2.05, 4.69) is 13.0 Å². The zero-order valence-electron chi connectivity index (χ0n) is 17.3. The molecule has 0 N–H and O–H groups in total. The average molecular weight is 417 g/mol. The molecular formula is C25H24N2O2S. The molecule has 0 amide bonds. The van der Waals surface area contributed by atoms with Crippen LogP contribution in [0, 0.1) is 6.92 Å². The van der Waals surface area contributed by atoms with Crippen molar-refractivity contribution in [1.82, 2.24) is 9.55 Å². The Labute approximate surface area is 180 Å². The SMILES string of the molecule is COc1ccc(C)cc1CSc1nc2ccccc2c(=O)n1[C@@H](C)c1ccccc1. The minimum atomic E-state index is -0.127. The largest absolute Gasteiger partial charge is 0.496 e. The number of benzene rings is 3. The van der Waals surface area contributed by atoms with Crippen molar-refractivity contribution in [2.75, 3.05) is 7.11 Å². The molecule has 0 aliphatic heterocycles. The van der Waals surface area contributed by atoms with Crippen molar-refractivity contribution in [3.05, 3.63) is 99.8 Å². The number of thioether (sulfide) groups is 1. The van der Waals surface area contributed by atoms with Crippen LogP contribution in [-0.4, -0.2) is 16.7 Å². The summed E-state index contributed by atoms with van der Waals surface area (Å²) >= 11 is 1.56. The lowest BCUT2D eigenvalue weighted by Crippen LogP contribution is -2.27. The molecule has 1 heterocycles. The van der Waals surface area contributed by atoms with Crippen LogP contribution >= 0.6 is 11.8 Å². The fourth-order valence-corrected chi connectivity index (χ4v) is 4.67. The topological polar surface area (TPSA) is 44.1 Å². The number of para-hydroxylation sites is 1. The molecule has 0 saturated heterocycles. The Morgan fingerprint density at radius 1 is 1.03 bits per heavy atom. The van der Waals surface area contributed by atoms with Crippen molar-refractivity contribution in [2.24, 2.45) is 0 Å². The van der Waals surface area contributed by atoms with E-state index in [9.17, 15) is 4.79 Å². The van der Waals surface area contributed by atoms with Crippen molar-refractivity contribution in [3.8, 4) is 5.75 Å². The number of nitrogens with zero attached hydrogens (tertiary/aromatic N) is 2. The average Bonchev–Trinajstić information content (AvgIpc) is 2.78. The molecule has 4 rings (SSSR count). The highest BCUT2D eigenvalue weighted by atomic mass is 32.2. The standard InChI is InChI=1S/C25H24N2O2S/c1-17-13-14-23(29-3)20(15-17)16-30-25-26-22-12-8-7-11-21(22)24(28)27(25)18(2)19-9-5-4-6-10-19/h4-15,18H,16H2,1-3H3/t18-/m0/s1. The van der Waals surface area contributed by atoms with Gasteiger partial charge in [-0.2, -0.15) is 0 Å². The molecule has 152 valence electrons. The Kier molecular flexibility index (Phi) is 5.91. The first-order chi connectivity index (χ1) is 14.6. The van der Waals surface area contributed by atoms with Gasteiger partial charge in [0, 0.05) is 11.3 Å². The van der Waals surface area contributed by atoms with Crippen LogP contribution in [0.15, 0.2) is 82.7 Å². The van der Waals surface area contributed by atoms with Gasteiger partial charge in [0.15, 0.2) is 5.16 Å². The molecular weight excluding hydrogens is 392 g/mol. The lowest BCUT2D eigenvalue weighted by Gasteiger charge is -2.20. The number of hydrogen-bond donors (Lipinski definition) is 0. The fourth-order valence-electron chi connectivity index (χ4n) is 3.61. The van der Waals surface area contributed by atoms with E-state index in [0.717, 1.165) is 22.4 Å². The van der Waals surface area contributed by atoms with Gasteiger partial charge in [-0.3, -0.25) is 9.36 Å². The van der Waals surface area contributed by atoms with Gasteiger partial charge >= 0.3 is 0 Å². The Hall–Kier alpha value is -3.05. The van der Waals surface area contributed by atoms with E-state index in [1.807, 2.05) is 78.2 Å². The van der Waals surface area contributed by atoms with Crippen LogP contribution in [0.4, 0.5) is 0 Å². The maximum Gasteiger partial charge on any atom is 0.262 e. The lowest BCUT2D eigenvalue weighted by molar-refractivity contribution is 0.411. The summed E-state index contributed by atoms with van der Waals surface area (Å²) < 4.78 is 7.34. The Bertz CT molecular complexity index is 1240. The number of fused-ring (bicyclic) bond motifs is 1. The molecule has 1 atom stereocenters. The number of hydrogen-bond acceptors (Lipinski definition) is 4. The predicted octanol–water partition coefficient (Wildman–Crippen LogP) is 5.62. The molecule has 1 aromatic heterocycles. The van der Waals surface area contributed by atoms with Crippen molar-refractivity contribution in [3.63, 3.8) is 0 Å². The minimum absolute atomic E-state index is 0.0179. The Morgan fingerprint density at radius 3 is 2.53 bits per heavy atom. The highest BCUT2D eigenvalue weighted by Crippen LogP contribution is 2.30. The molecule has 0 aliphatic rings. The molecule has 0 aliphatic carbocycles. The summed E-state index contributed by atoms with van der Waals surface area (Å²) in [6.45, 7) is 4.11. The first kappa shape index (κ1) is 20.2. The second-order valence-electron chi connectivity index (χ2n) is 7.28. The van der Waals surface area contributed by atoms with Gasteiger partial charge in [0.05, 0.1) is 24.1 Å². The van der Waals surface area contributed by atoms with Crippen LogP contribution in [0.3, 0.4) is 0 Å². The maximum absolute atomic E-state index is 13.4. The van der Waals surface area contributed by atoms with Crippen LogP contribution in [0.2, 0.25) is 0 Å². The van der Waals surface area contributed by atoms with Crippen LogP contribution < -0.4 is 10.3 Å². The van der Waals surface area contributed by atoms with Crippen LogP contribution in [0.25, 0.3) is 10.9 Å². The Balaban J connectivity index is 1.80. The second-order valence-corrected chi connectivity index (χ2v) is 8.22. The van der Waals surface area contributed by atoms with Gasteiger partial charge in [-0.15, -0.1) is 0 Å². The first-order valence-corrected chi connectivity index (χ1v) is 10.9. The monoisotopic (exact) mass is 416 g/mol. The van der Waals surface area contributed by atoms with Crippen LogP contribution in [0.1, 0.15) is 29.7 Å². The fraction of sp³-hybridized carbons (Fsp3) is 0.200. The third-order valence-corrected chi connectivity index (χ3v) is 6.24. The maximum atomic E-state index is 13.4. The quantitative estimate of drug-likeness (QED) is 0.302. The number of ether oxygens (including phenoxy) is 1. The minimum Gasteiger partial charge on any atom is -0.496 e. The molecule has 0 unspecified atom stereocenters. The van der Waals surface area contributed by atoms with Gasteiger partial charge in [-0.05, 0) is 37.6 Å². The molecule has 0 saturated carbocycles. The summed E-state index contributed by atoms with van der Waals surface area (Å²) in [6.07, 6.45) is 0. The van der Waals surface area contributed by atoms with E-state index in [4.69, 9.17) is 9.72 Å². The molecule has 0 radical (unpaired) electrons. The molecule has 30 heavy (non-hydrogen) atoms. The molecule has 3 aromatic carbocycles. The van der Waals surface area contributed by atoms with E-state index >= 15 is 0 Å². The summed E-state index contributed by atoms with van der Waals surface area (Å²) in [6, 6.07) is 23.6. The van der Waals surface area contributed by atoms with Gasteiger partial charge in [0.2, 0.25) is 0 Å². The van der Waals surface area contributed by atoms with Crippen LogP contribution in [-0.2, 0) is 5.75 Å². The van der Waals surface area contributed by atoms with Gasteiger partial charge in [0.1, 0.15) is 5.75 Å². The number of aromatic nitrogens is 2. The smallest absolute Gasteiger partial charge is 0.262 e. The van der Waals surface area contributed by atoms with Crippen molar-refractivity contribution >= 4 is 22.7 Å². The summed E-state index contributed by atoms with van der Waals surface area (Å²) in [5, 5.41) is 1.34. The first-order valence-electron chi connectivity index (χ1n) is 9.91. The number of rotatable bonds is 6. The number of aryl methyl sites for hydroxylation is 1. The summed E-state index contributed by atoms with van der Waals surface area (Å²) in [5.41, 5.74) is 4.04. The summed E-state index contributed by atoms with van der Waals surface area (Å²) in [5.74, 6) is 1.51. The third kappa shape index (κ3) is 3.98. The predicted molar refractivity (Wildman–Crippen MR) is 124 cm³/mol. The van der Waals surface area contributed by atoms with E-state index < -0.39 is 0 Å². The van der Waals surface area contributed by atoms with E-state index in [1.54, 1.807) is 18.9 Å². The Morgan fingerprint density at radius 2 is 1.77 bits per heavy atom. The molecule has 0 bridgehead atoms. The van der Waals surface area contributed by atoms with E-state index in [0.29, 0.717) is 16.3 Å². The third-order valence-electron chi connectivity index (χ3n) is 5.24. The zero-order chi connectivity index (χ0) is 21.1. The highest BCUT2D eigenvalue weighted by Gasteiger charge is 2.18. The molecule has 4 aromatic rings. The molecule has 4 nitrogen and oxygen atoms in total. The summed E-state index contributed by atoms with van der Waals surface area (Å²) in [4.78, 5) is 18.3. The van der Waals surface area contributed by atoms with Crippen molar-refractivity contribution in [2.45, 2.75) is 30.8 Å². The number of methoxy groups -OCH3 is 1. The molecule has 0 fully saturated rings. The van der Waals surface area contributed by atoms with Crippen LogP contribution in [0.5, 0.6) is 5.75 Å². The van der Waals surface area contributed by atoms with Crippen molar-refractivity contribution < 1.29 is 4.74 Å². The summed E-state index contributed by atoms with van der Waals surface area (Å²) in [7, 11) is 1.68. The molecule has 5 heteroatoms. The van der Waals surface area contributed by atoms with E-state index in [-0.39, 0.29) is 11.6 Å². The van der Waals surface area contributed by atoms with Gasteiger partial charge in [-0.1, -0.05) is 71.9 Å². The van der Waals surface area contributed by atoms with Gasteiger partial charge < -0.3 is 4.74 Å². The molecule has 0 spiro atoms.